The van der Waals surface area contributed by atoms with Crippen molar-refractivity contribution in [2.75, 3.05) is 0 Å². The molecular formula is C71H130N6O3S. The van der Waals surface area contributed by atoms with Crippen molar-refractivity contribution >= 4 is 11.3 Å². The molecule has 0 bridgehead atoms. The summed E-state index contributed by atoms with van der Waals surface area (Å²) in [6.07, 6.45) is 27.1. The van der Waals surface area contributed by atoms with E-state index in [1.807, 2.05) is 114 Å². The van der Waals surface area contributed by atoms with Gasteiger partial charge in [0.05, 0.1) is 37.6 Å². The standard InChI is InChI=1S/C5H5N.8C5H12.2C4H5N.2C4H4O.C4H4S.C3H4N2.C3H3NO/c1-2-4-6-5-3-1;8*1-5(2,3)4;5*1-2-4-5-3-1;2*1-2-5-3-4-1/h1-5H;8*1-4H3;2*1-5H;3*1-4H;1-3H,(H,4,5);1-3H. The van der Waals surface area contributed by atoms with Gasteiger partial charge in [-0.2, -0.15) is 11.3 Å². The molecule has 3 N–H and O–H groups in total. The van der Waals surface area contributed by atoms with Crippen molar-refractivity contribution in [1.29, 1.82) is 0 Å². The number of rotatable bonds is 0. The average Bonchev–Trinajstić information content (AvgIpc) is 4.14. The van der Waals surface area contributed by atoms with E-state index in [0.717, 1.165) is 0 Å². The van der Waals surface area contributed by atoms with Gasteiger partial charge in [-0.1, -0.05) is 240 Å². The monoisotopic (exact) mass is 1150 g/mol. The van der Waals surface area contributed by atoms with Crippen LogP contribution in [0, 0.1) is 43.3 Å². The highest BCUT2D eigenvalue weighted by molar-refractivity contribution is 7.07. The van der Waals surface area contributed by atoms with E-state index < -0.39 is 0 Å². The van der Waals surface area contributed by atoms with Gasteiger partial charge in [0.15, 0.2) is 6.39 Å². The van der Waals surface area contributed by atoms with Crippen molar-refractivity contribution in [1.82, 2.24) is 29.9 Å². The zero-order valence-electron chi connectivity index (χ0n) is 58.4. The molecule has 0 aliphatic heterocycles. The normalized spacial score (nSPS) is 9.98. The van der Waals surface area contributed by atoms with E-state index >= 15 is 0 Å². The van der Waals surface area contributed by atoms with Crippen molar-refractivity contribution in [3.63, 3.8) is 0 Å². The first kappa shape index (κ1) is 91.9. The van der Waals surface area contributed by atoms with E-state index in [0.29, 0.717) is 43.3 Å². The molecule has 0 radical (unpaired) electrons. The number of furan rings is 2. The van der Waals surface area contributed by atoms with E-state index in [-0.39, 0.29) is 0 Å². The summed E-state index contributed by atoms with van der Waals surface area (Å²) in [7, 11) is 0. The topological polar surface area (TPSA) is 125 Å². The molecule has 0 fully saturated rings. The Morgan fingerprint density at radius 1 is 0.247 bits per heavy atom. The summed E-state index contributed by atoms with van der Waals surface area (Å²) in [5, 5.41) is 4.08. The molecule has 81 heavy (non-hydrogen) atoms. The zero-order chi connectivity index (χ0) is 65.0. The third-order valence-electron chi connectivity index (χ3n) is 3.59. The fourth-order valence-corrected chi connectivity index (χ4v) is 2.39. The summed E-state index contributed by atoms with van der Waals surface area (Å²) in [5.74, 6) is 0. The Morgan fingerprint density at radius 3 is 0.605 bits per heavy atom. The number of hydrogen-bond donors (Lipinski definition) is 3. The molecule has 0 aliphatic carbocycles. The minimum Gasteiger partial charge on any atom is -0.473 e. The number of hydrogen-bond acceptors (Lipinski definition) is 7. The van der Waals surface area contributed by atoms with E-state index in [9.17, 15) is 0 Å². The van der Waals surface area contributed by atoms with Crippen LogP contribution in [0.3, 0.4) is 0 Å². The van der Waals surface area contributed by atoms with Gasteiger partial charge in [0.25, 0.3) is 0 Å². The summed E-state index contributed by atoms with van der Waals surface area (Å²) < 4.78 is 13.6. The number of aromatic nitrogens is 6. The molecule has 9 nitrogen and oxygen atoms in total. The molecular weight excluding hydrogens is 1020 g/mol. The number of nitrogens with zero attached hydrogens (tertiary/aromatic N) is 3. The first-order valence-electron chi connectivity index (χ1n) is 28.2. The maximum absolute atomic E-state index is 4.58. The first-order valence-corrected chi connectivity index (χ1v) is 29.1. The maximum atomic E-state index is 4.58. The molecule has 0 saturated carbocycles. The van der Waals surface area contributed by atoms with E-state index in [4.69, 9.17) is 0 Å². The second-order valence-electron chi connectivity index (χ2n) is 30.6. The van der Waals surface area contributed by atoms with Crippen LogP contribution in [0.4, 0.5) is 0 Å². The van der Waals surface area contributed by atoms with Crippen molar-refractivity contribution in [2.24, 2.45) is 43.3 Å². The van der Waals surface area contributed by atoms with Crippen LogP contribution in [0.15, 0.2) is 203 Å². The molecule has 0 aromatic carbocycles. The third-order valence-corrected chi connectivity index (χ3v) is 4.22. The lowest BCUT2D eigenvalue weighted by molar-refractivity contribution is 0.469. The van der Waals surface area contributed by atoms with Crippen LogP contribution >= 0.6 is 11.3 Å². The summed E-state index contributed by atoms with van der Waals surface area (Å²) in [6.45, 7) is 70.0. The lowest BCUT2D eigenvalue weighted by atomic mass is 10.0. The fourth-order valence-electron chi connectivity index (χ4n) is 1.94. The van der Waals surface area contributed by atoms with Crippen LogP contribution in [0.25, 0.3) is 0 Å². The van der Waals surface area contributed by atoms with Crippen LogP contribution in [0.5, 0.6) is 0 Å². The van der Waals surface area contributed by atoms with Crippen LogP contribution in [0.1, 0.15) is 222 Å². The molecule has 8 rings (SSSR count). The number of thiophene rings is 1. The van der Waals surface area contributed by atoms with Gasteiger partial charge in [-0.15, -0.1) is 0 Å². The van der Waals surface area contributed by atoms with Crippen molar-refractivity contribution in [3.8, 4) is 0 Å². The van der Waals surface area contributed by atoms with Gasteiger partial charge < -0.3 is 28.2 Å². The quantitative estimate of drug-likeness (QED) is 0.139. The lowest BCUT2D eigenvalue weighted by Crippen LogP contribution is -1.93. The van der Waals surface area contributed by atoms with Crippen molar-refractivity contribution < 1.29 is 13.3 Å². The molecule has 0 spiro atoms. The summed E-state index contributed by atoms with van der Waals surface area (Å²) >= 11 is 1.71. The molecule has 8 heterocycles. The Hall–Kier alpha value is -5.61. The SMILES string of the molecule is CC(C)(C)C.CC(C)(C)C.CC(C)(C)C.CC(C)(C)C.CC(C)(C)C.CC(C)(C)C.CC(C)(C)C.CC(C)(C)C.c1c[nH]cn1.c1cc[nH]c1.c1cc[nH]c1.c1ccncc1.c1ccoc1.c1ccoc1.c1ccsc1.c1cocn1. The van der Waals surface area contributed by atoms with Gasteiger partial charge in [-0.05, 0) is 115 Å². The van der Waals surface area contributed by atoms with Crippen LogP contribution in [-0.2, 0) is 0 Å². The predicted molar refractivity (Wildman–Crippen MR) is 364 cm³/mol. The molecule has 0 unspecified atom stereocenters. The van der Waals surface area contributed by atoms with E-state index in [1.165, 1.54) is 12.7 Å². The molecule has 8 aromatic rings. The second kappa shape index (κ2) is 57.6. The third kappa shape index (κ3) is 311. The summed E-state index contributed by atoms with van der Waals surface area (Å²) in [5.41, 5.74) is 4.00. The highest BCUT2D eigenvalue weighted by Crippen LogP contribution is 2.11. The molecule has 10 heteroatoms. The van der Waals surface area contributed by atoms with Gasteiger partial charge in [-0.25, -0.2) is 9.97 Å². The smallest absolute Gasteiger partial charge is 0.180 e. The van der Waals surface area contributed by atoms with Gasteiger partial charge in [0, 0.05) is 49.6 Å². The Bertz CT molecular complexity index is 1460. The average molecular weight is 1150 g/mol. The molecule has 0 atom stereocenters. The molecule has 0 aliphatic rings. The Balaban J connectivity index is -0.000000117. The highest BCUT2D eigenvalue weighted by atomic mass is 32.1. The summed E-state index contributed by atoms with van der Waals surface area (Å²) in [6, 6.07) is 24.9. The lowest BCUT2D eigenvalue weighted by Gasteiger charge is -2.05. The molecule has 0 amide bonds. The number of pyridine rings is 1. The number of nitrogens with one attached hydrogen (secondary N) is 3. The highest BCUT2D eigenvalue weighted by Gasteiger charge is 1.99. The molecule has 0 saturated heterocycles. The van der Waals surface area contributed by atoms with E-state index in [1.54, 1.807) is 73.7 Å². The number of H-pyrrole nitrogens is 3. The fraction of sp³-hybridized carbons (Fsp3) is 0.563. The van der Waals surface area contributed by atoms with Gasteiger partial charge >= 0.3 is 0 Å². The minimum atomic E-state index is 0.500. The maximum Gasteiger partial charge on any atom is 0.180 e. The van der Waals surface area contributed by atoms with Crippen LogP contribution in [0.2, 0.25) is 0 Å². The minimum absolute atomic E-state index is 0.500. The number of oxazole rings is 1. The predicted octanol–water partition coefficient (Wildman–Crippen LogP) is 24.9. The largest absolute Gasteiger partial charge is 0.473 e. The summed E-state index contributed by atoms with van der Waals surface area (Å²) in [4.78, 5) is 19.5. The number of imidazole rings is 1. The second-order valence-corrected chi connectivity index (χ2v) is 31.4. The van der Waals surface area contributed by atoms with Gasteiger partial charge in [0.2, 0.25) is 0 Å². The van der Waals surface area contributed by atoms with Crippen LogP contribution < -0.4 is 0 Å². The van der Waals surface area contributed by atoms with Crippen molar-refractivity contribution in [2.45, 2.75) is 222 Å². The zero-order valence-corrected chi connectivity index (χ0v) is 59.2. The van der Waals surface area contributed by atoms with Crippen molar-refractivity contribution in [3.05, 3.63) is 189 Å². The Labute approximate surface area is 506 Å². The van der Waals surface area contributed by atoms with E-state index in [2.05, 4.69) is 265 Å². The molecule has 468 valence electrons. The molecule has 8 aromatic heterocycles. The van der Waals surface area contributed by atoms with Crippen LogP contribution in [-0.4, -0.2) is 29.9 Å². The van der Waals surface area contributed by atoms with Gasteiger partial charge in [0.1, 0.15) is 6.26 Å². The first-order chi connectivity index (χ1) is 36.5. The van der Waals surface area contributed by atoms with Gasteiger partial charge in [-0.3, -0.25) is 4.98 Å². The Morgan fingerprint density at radius 2 is 0.531 bits per heavy atom. The number of aromatic amines is 3. The Kier molecular flexibility index (Phi) is 65.3.